The molecule has 0 aliphatic rings. The molecule has 6 heteroatoms. The second-order valence-corrected chi connectivity index (χ2v) is 4.52. The molecule has 1 nitrogen and oxygen atoms in total. The fourth-order valence-corrected chi connectivity index (χ4v) is 2.17. The van der Waals surface area contributed by atoms with Gasteiger partial charge in [-0.15, -0.1) is 0 Å². The molecule has 0 saturated carbocycles. The lowest BCUT2D eigenvalue weighted by molar-refractivity contribution is -0.136. The van der Waals surface area contributed by atoms with Crippen LogP contribution in [0.5, 0.6) is 0 Å². The molecule has 1 unspecified atom stereocenters. The van der Waals surface area contributed by atoms with E-state index in [9.17, 15) is 17.6 Å². The first kappa shape index (κ1) is 14.4. The Labute approximate surface area is 105 Å². The largest absolute Gasteiger partial charge is 0.389 e. The van der Waals surface area contributed by atoms with Crippen LogP contribution in [0.4, 0.5) is 17.6 Å². The van der Waals surface area contributed by atoms with Gasteiger partial charge in [0, 0.05) is 16.9 Å². The quantitative estimate of drug-likeness (QED) is 0.822. The van der Waals surface area contributed by atoms with E-state index in [4.69, 9.17) is 0 Å². The van der Waals surface area contributed by atoms with Gasteiger partial charge in [0.1, 0.15) is 5.82 Å². The molecule has 1 rings (SSSR count). The molecule has 0 aromatic heterocycles. The van der Waals surface area contributed by atoms with Gasteiger partial charge in [0.25, 0.3) is 0 Å². The van der Waals surface area contributed by atoms with Crippen molar-refractivity contribution in [2.75, 3.05) is 7.05 Å². The maximum Gasteiger partial charge on any atom is 0.389 e. The highest BCUT2D eigenvalue weighted by Crippen LogP contribution is 2.31. The van der Waals surface area contributed by atoms with Crippen molar-refractivity contribution in [1.29, 1.82) is 0 Å². The molecular formula is C11H12BrF4N. The van der Waals surface area contributed by atoms with Crippen LogP contribution in [0.2, 0.25) is 0 Å². The highest BCUT2D eigenvalue weighted by Gasteiger charge is 2.28. The summed E-state index contributed by atoms with van der Waals surface area (Å²) in [4.78, 5) is 0. The van der Waals surface area contributed by atoms with Crippen LogP contribution < -0.4 is 5.32 Å². The molecule has 0 heterocycles. The third-order valence-corrected chi connectivity index (χ3v) is 3.09. The molecule has 0 saturated heterocycles. The summed E-state index contributed by atoms with van der Waals surface area (Å²) in [5.74, 6) is -0.425. The summed E-state index contributed by atoms with van der Waals surface area (Å²) in [7, 11) is 1.58. The van der Waals surface area contributed by atoms with E-state index in [1.807, 2.05) is 0 Å². The number of alkyl halides is 3. The number of rotatable bonds is 4. The van der Waals surface area contributed by atoms with Crippen molar-refractivity contribution < 1.29 is 17.6 Å². The summed E-state index contributed by atoms with van der Waals surface area (Å²) in [5.41, 5.74) is 0.623. The van der Waals surface area contributed by atoms with Gasteiger partial charge in [-0.2, -0.15) is 13.2 Å². The first-order valence-electron chi connectivity index (χ1n) is 5.02. The van der Waals surface area contributed by atoms with Crippen molar-refractivity contribution in [2.24, 2.45) is 0 Å². The fourth-order valence-electron chi connectivity index (χ4n) is 1.55. The molecule has 0 fully saturated rings. The third kappa shape index (κ3) is 4.63. The number of nitrogens with one attached hydrogen (secondary N) is 1. The Morgan fingerprint density at radius 3 is 2.47 bits per heavy atom. The molecule has 96 valence electrons. The Kier molecular flexibility index (Phi) is 4.94. The summed E-state index contributed by atoms with van der Waals surface area (Å²) >= 11 is 3.15. The molecule has 0 amide bonds. The molecule has 1 aromatic carbocycles. The van der Waals surface area contributed by atoms with E-state index >= 15 is 0 Å². The van der Waals surface area contributed by atoms with Crippen LogP contribution in [-0.4, -0.2) is 13.2 Å². The SMILES string of the molecule is CNC(CCC(F)(F)F)c1ccc(F)cc1Br. The van der Waals surface area contributed by atoms with E-state index in [0.717, 1.165) is 0 Å². The first-order valence-corrected chi connectivity index (χ1v) is 5.82. The van der Waals surface area contributed by atoms with Gasteiger partial charge in [0.05, 0.1) is 0 Å². The van der Waals surface area contributed by atoms with Gasteiger partial charge in [-0.05, 0) is 31.2 Å². The minimum absolute atomic E-state index is 0.0791. The summed E-state index contributed by atoms with van der Waals surface area (Å²) < 4.78 is 49.7. The average Bonchev–Trinajstić information content (AvgIpc) is 2.19. The Balaban J connectivity index is 2.79. The Hall–Kier alpha value is -0.620. The average molecular weight is 314 g/mol. The number of benzene rings is 1. The van der Waals surface area contributed by atoms with Crippen LogP contribution in [-0.2, 0) is 0 Å². The Morgan fingerprint density at radius 1 is 1.35 bits per heavy atom. The fraction of sp³-hybridized carbons (Fsp3) is 0.455. The maximum absolute atomic E-state index is 12.9. The summed E-state index contributed by atoms with van der Waals surface area (Å²) in [6, 6.07) is 3.51. The van der Waals surface area contributed by atoms with E-state index in [2.05, 4.69) is 21.2 Å². The standard InChI is InChI=1S/C11H12BrF4N/c1-17-10(4-5-11(14,15)16)8-3-2-7(13)6-9(8)12/h2-3,6,10,17H,4-5H2,1H3. The summed E-state index contributed by atoms with van der Waals surface area (Å²) in [6.45, 7) is 0. The van der Waals surface area contributed by atoms with Gasteiger partial charge in [-0.25, -0.2) is 4.39 Å². The molecule has 1 aromatic rings. The smallest absolute Gasteiger partial charge is 0.313 e. The molecular weight excluding hydrogens is 302 g/mol. The van der Waals surface area contributed by atoms with Crippen LogP contribution in [0.25, 0.3) is 0 Å². The zero-order chi connectivity index (χ0) is 13.1. The first-order chi connectivity index (χ1) is 7.83. The van der Waals surface area contributed by atoms with Crippen LogP contribution in [0.3, 0.4) is 0 Å². The molecule has 0 aliphatic heterocycles. The van der Waals surface area contributed by atoms with Crippen LogP contribution >= 0.6 is 15.9 Å². The molecule has 0 bridgehead atoms. The van der Waals surface area contributed by atoms with Crippen LogP contribution in [0.15, 0.2) is 22.7 Å². The predicted octanol–water partition coefficient (Wildman–Crippen LogP) is 4.19. The predicted molar refractivity (Wildman–Crippen MR) is 61.2 cm³/mol. The summed E-state index contributed by atoms with van der Waals surface area (Å²) in [5, 5.41) is 2.80. The van der Waals surface area contributed by atoms with Gasteiger partial charge in [0.2, 0.25) is 0 Å². The number of halogens is 5. The normalized spacial score (nSPS) is 13.8. The third-order valence-electron chi connectivity index (χ3n) is 2.40. The topological polar surface area (TPSA) is 12.0 Å². The van der Waals surface area contributed by atoms with Gasteiger partial charge in [-0.3, -0.25) is 0 Å². The number of hydrogen-bond acceptors (Lipinski definition) is 1. The molecule has 0 spiro atoms. The van der Waals surface area contributed by atoms with Crippen LogP contribution in [0.1, 0.15) is 24.4 Å². The van der Waals surface area contributed by atoms with E-state index in [1.54, 1.807) is 7.05 Å². The molecule has 1 atom stereocenters. The lowest BCUT2D eigenvalue weighted by Gasteiger charge is -2.19. The van der Waals surface area contributed by atoms with Gasteiger partial charge >= 0.3 is 6.18 Å². The van der Waals surface area contributed by atoms with Gasteiger partial charge in [0.15, 0.2) is 0 Å². The van der Waals surface area contributed by atoms with Crippen molar-refractivity contribution in [2.45, 2.75) is 25.1 Å². The van der Waals surface area contributed by atoms with E-state index in [1.165, 1.54) is 18.2 Å². The monoisotopic (exact) mass is 313 g/mol. The molecule has 17 heavy (non-hydrogen) atoms. The van der Waals surface area contributed by atoms with Crippen molar-refractivity contribution >= 4 is 15.9 Å². The highest BCUT2D eigenvalue weighted by atomic mass is 79.9. The Morgan fingerprint density at radius 2 is 2.00 bits per heavy atom. The summed E-state index contributed by atoms with van der Waals surface area (Å²) in [6.07, 6.45) is -5.13. The minimum atomic E-state index is -4.18. The maximum atomic E-state index is 12.9. The van der Waals surface area contributed by atoms with Crippen molar-refractivity contribution in [3.8, 4) is 0 Å². The van der Waals surface area contributed by atoms with E-state index < -0.39 is 24.5 Å². The van der Waals surface area contributed by atoms with Gasteiger partial charge in [-0.1, -0.05) is 22.0 Å². The zero-order valence-electron chi connectivity index (χ0n) is 9.11. The molecule has 1 N–H and O–H groups in total. The minimum Gasteiger partial charge on any atom is -0.313 e. The van der Waals surface area contributed by atoms with Crippen LogP contribution in [0, 0.1) is 5.82 Å². The highest BCUT2D eigenvalue weighted by molar-refractivity contribution is 9.10. The number of hydrogen-bond donors (Lipinski definition) is 1. The van der Waals surface area contributed by atoms with E-state index in [-0.39, 0.29) is 6.42 Å². The van der Waals surface area contributed by atoms with Crippen molar-refractivity contribution in [3.63, 3.8) is 0 Å². The lowest BCUT2D eigenvalue weighted by atomic mass is 10.0. The second kappa shape index (κ2) is 5.82. The molecule has 0 aliphatic carbocycles. The second-order valence-electron chi connectivity index (χ2n) is 3.66. The lowest BCUT2D eigenvalue weighted by Crippen LogP contribution is -2.20. The van der Waals surface area contributed by atoms with Crippen molar-refractivity contribution in [3.05, 3.63) is 34.1 Å². The zero-order valence-corrected chi connectivity index (χ0v) is 10.7. The van der Waals surface area contributed by atoms with Crippen molar-refractivity contribution in [1.82, 2.24) is 5.32 Å². The van der Waals surface area contributed by atoms with E-state index in [0.29, 0.717) is 10.0 Å². The Bertz CT molecular complexity index is 378. The molecule has 0 radical (unpaired) electrons. The van der Waals surface area contributed by atoms with Gasteiger partial charge < -0.3 is 5.32 Å².